The summed E-state index contributed by atoms with van der Waals surface area (Å²) in [5, 5.41) is 0. The van der Waals surface area contributed by atoms with Crippen LogP contribution in [0.25, 0.3) is 0 Å². The van der Waals surface area contributed by atoms with Crippen molar-refractivity contribution >= 4 is 22.2 Å². The van der Waals surface area contributed by atoms with Gasteiger partial charge in [0.2, 0.25) is 12.3 Å². The van der Waals surface area contributed by atoms with Crippen LogP contribution in [0.15, 0.2) is 0 Å². The van der Waals surface area contributed by atoms with E-state index in [9.17, 15) is 18.0 Å². The lowest BCUT2D eigenvalue weighted by Crippen LogP contribution is -2.49. The molecule has 126 valence electrons. The van der Waals surface area contributed by atoms with Gasteiger partial charge in [-0.3, -0.25) is 14.5 Å². The highest BCUT2D eigenvalue weighted by Gasteiger charge is 2.32. The van der Waals surface area contributed by atoms with Gasteiger partial charge in [0.15, 0.2) is 9.84 Å². The van der Waals surface area contributed by atoms with Gasteiger partial charge in [-0.2, -0.15) is 0 Å². The van der Waals surface area contributed by atoms with Gasteiger partial charge < -0.3 is 9.80 Å². The van der Waals surface area contributed by atoms with Crippen molar-refractivity contribution in [3.63, 3.8) is 0 Å². The quantitative estimate of drug-likeness (QED) is 0.595. The van der Waals surface area contributed by atoms with Crippen LogP contribution in [0, 0.1) is 0 Å². The lowest BCUT2D eigenvalue weighted by molar-refractivity contribution is -0.135. The van der Waals surface area contributed by atoms with Gasteiger partial charge in [0, 0.05) is 45.2 Å². The van der Waals surface area contributed by atoms with Crippen molar-refractivity contribution in [2.45, 2.75) is 25.8 Å². The maximum Gasteiger partial charge on any atom is 0.223 e. The normalized spacial score (nSPS) is 24.7. The summed E-state index contributed by atoms with van der Waals surface area (Å²) in [5.74, 6) is 0.563. The second kappa shape index (κ2) is 7.41. The monoisotopic (exact) mass is 331 g/mol. The van der Waals surface area contributed by atoms with Crippen molar-refractivity contribution in [1.82, 2.24) is 14.7 Å². The number of carbonyl (C=O) groups excluding carboxylic acids is 2. The minimum atomic E-state index is -2.89. The Kier molecular flexibility index (Phi) is 5.80. The topological polar surface area (TPSA) is 78.0 Å². The van der Waals surface area contributed by atoms with E-state index >= 15 is 0 Å². The Hall–Kier alpha value is -1.15. The Morgan fingerprint density at radius 2 is 1.95 bits per heavy atom. The Morgan fingerprint density at radius 1 is 1.27 bits per heavy atom. The molecule has 2 amide bonds. The average Bonchev–Trinajstić information content (AvgIpc) is 2.88. The van der Waals surface area contributed by atoms with Crippen molar-refractivity contribution < 1.29 is 18.0 Å². The van der Waals surface area contributed by atoms with Crippen LogP contribution in [0.5, 0.6) is 0 Å². The zero-order valence-corrected chi connectivity index (χ0v) is 13.9. The predicted molar refractivity (Wildman–Crippen MR) is 83.1 cm³/mol. The van der Waals surface area contributed by atoms with Gasteiger partial charge in [-0.15, -0.1) is 0 Å². The van der Waals surface area contributed by atoms with E-state index in [-0.39, 0.29) is 23.5 Å². The van der Waals surface area contributed by atoms with Gasteiger partial charge in [-0.1, -0.05) is 6.92 Å². The zero-order chi connectivity index (χ0) is 16.2. The summed E-state index contributed by atoms with van der Waals surface area (Å²) in [7, 11) is -2.89. The molecule has 0 aromatic rings. The van der Waals surface area contributed by atoms with Crippen LogP contribution in [0.1, 0.15) is 19.8 Å². The van der Waals surface area contributed by atoms with E-state index in [1.54, 1.807) is 9.80 Å². The van der Waals surface area contributed by atoms with Crippen LogP contribution in [-0.4, -0.2) is 92.3 Å². The van der Waals surface area contributed by atoms with Crippen molar-refractivity contribution in [2.24, 2.45) is 0 Å². The molecular weight excluding hydrogens is 306 g/mol. The van der Waals surface area contributed by atoms with Crippen LogP contribution in [0.4, 0.5) is 0 Å². The summed E-state index contributed by atoms with van der Waals surface area (Å²) in [6.45, 7) is 5.71. The molecule has 0 aromatic heterocycles. The molecule has 0 aromatic carbocycles. The zero-order valence-electron chi connectivity index (χ0n) is 13.1. The highest BCUT2D eigenvalue weighted by atomic mass is 32.2. The van der Waals surface area contributed by atoms with Crippen molar-refractivity contribution in [1.29, 1.82) is 0 Å². The van der Waals surface area contributed by atoms with Gasteiger partial charge in [0.05, 0.1) is 11.5 Å². The van der Waals surface area contributed by atoms with E-state index in [0.29, 0.717) is 45.6 Å². The molecule has 0 radical (unpaired) electrons. The van der Waals surface area contributed by atoms with E-state index in [4.69, 9.17) is 0 Å². The Labute approximate surface area is 132 Å². The van der Waals surface area contributed by atoms with Gasteiger partial charge in [0.25, 0.3) is 0 Å². The van der Waals surface area contributed by atoms with Gasteiger partial charge in [-0.25, -0.2) is 8.42 Å². The molecule has 2 aliphatic heterocycles. The summed E-state index contributed by atoms with van der Waals surface area (Å²) in [4.78, 5) is 28.5. The summed E-state index contributed by atoms with van der Waals surface area (Å²) in [6, 6.07) is 0.0507. The maximum atomic E-state index is 12.2. The van der Waals surface area contributed by atoms with Gasteiger partial charge in [-0.05, 0) is 13.0 Å². The number of nitrogens with zero attached hydrogens (tertiary/aromatic N) is 3. The van der Waals surface area contributed by atoms with Crippen LogP contribution >= 0.6 is 0 Å². The molecule has 0 saturated carbocycles. The molecule has 2 saturated heterocycles. The van der Waals surface area contributed by atoms with E-state index in [2.05, 4.69) is 4.90 Å². The minimum Gasteiger partial charge on any atom is -0.342 e. The molecule has 0 aliphatic carbocycles. The van der Waals surface area contributed by atoms with E-state index < -0.39 is 9.84 Å². The number of carbonyl (C=O) groups is 2. The van der Waals surface area contributed by atoms with Crippen molar-refractivity contribution in [2.75, 3.05) is 50.8 Å². The van der Waals surface area contributed by atoms with Gasteiger partial charge in [0.1, 0.15) is 0 Å². The average molecular weight is 331 g/mol. The molecule has 0 spiro atoms. The third-order valence-corrected chi connectivity index (χ3v) is 6.31. The molecule has 8 heteroatoms. The predicted octanol–water partition coefficient (Wildman–Crippen LogP) is -0.814. The molecule has 0 N–H and O–H groups in total. The lowest BCUT2D eigenvalue weighted by Gasteiger charge is -2.33. The number of hydrogen-bond donors (Lipinski definition) is 0. The largest absolute Gasteiger partial charge is 0.342 e. The third kappa shape index (κ3) is 4.42. The highest BCUT2D eigenvalue weighted by molar-refractivity contribution is 7.91. The Morgan fingerprint density at radius 3 is 2.45 bits per heavy atom. The van der Waals surface area contributed by atoms with Crippen LogP contribution in [0.2, 0.25) is 0 Å². The molecule has 2 heterocycles. The van der Waals surface area contributed by atoms with E-state index in [1.807, 2.05) is 6.92 Å². The Balaban J connectivity index is 1.78. The third-order valence-electron chi connectivity index (χ3n) is 4.56. The molecule has 2 rings (SSSR count). The second-order valence-corrected chi connectivity index (χ2v) is 8.19. The molecular formula is C14H25N3O4S. The summed E-state index contributed by atoms with van der Waals surface area (Å²) < 4.78 is 23.1. The first kappa shape index (κ1) is 17.2. The summed E-state index contributed by atoms with van der Waals surface area (Å²) >= 11 is 0. The van der Waals surface area contributed by atoms with Crippen LogP contribution in [-0.2, 0) is 19.4 Å². The van der Waals surface area contributed by atoms with Crippen LogP contribution in [0.3, 0.4) is 0 Å². The van der Waals surface area contributed by atoms with Gasteiger partial charge >= 0.3 is 0 Å². The first-order chi connectivity index (χ1) is 10.4. The standard InChI is InChI=1S/C14H25N3O4S/c1-2-16(13-4-10-22(20,21)11-13)5-3-14(19)17-8-6-15(12-18)7-9-17/h12-13H,2-11H2,1H3. The van der Waals surface area contributed by atoms with Crippen LogP contribution < -0.4 is 0 Å². The van der Waals surface area contributed by atoms with Crippen molar-refractivity contribution in [3.05, 3.63) is 0 Å². The minimum absolute atomic E-state index is 0.0507. The first-order valence-corrected chi connectivity index (χ1v) is 9.69. The Bertz CT molecular complexity index is 500. The molecule has 22 heavy (non-hydrogen) atoms. The number of piperazine rings is 1. The summed E-state index contributed by atoms with van der Waals surface area (Å²) in [5.41, 5.74) is 0. The number of rotatable bonds is 6. The second-order valence-electron chi connectivity index (χ2n) is 5.96. The fourth-order valence-corrected chi connectivity index (χ4v) is 4.90. The fourth-order valence-electron chi connectivity index (χ4n) is 3.14. The van der Waals surface area contributed by atoms with E-state index in [0.717, 1.165) is 13.0 Å². The lowest BCUT2D eigenvalue weighted by atomic mass is 10.2. The number of hydrogen-bond acceptors (Lipinski definition) is 5. The molecule has 7 nitrogen and oxygen atoms in total. The molecule has 0 bridgehead atoms. The molecule has 1 atom stereocenters. The fraction of sp³-hybridized carbons (Fsp3) is 0.857. The molecule has 1 unspecified atom stereocenters. The number of amides is 2. The van der Waals surface area contributed by atoms with E-state index in [1.165, 1.54) is 0 Å². The molecule has 2 fully saturated rings. The SMILES string of the molecule is CCN(CCC(=O)N1CCN(C=O)CC1)C1CCS(=O)(=O)C1. The highest BCUT2D eigenvalue weighted by Crippen LogP contribution is 2.18. The van der Waals surface area contributed by atoms with Crippen molar-refractivity contribution in [3.8, 4) is 0 Å². The maximum absolute atomic E-state index is 12.2. The smallest absolute Gasteiger partial charge is 0.223 e. The summed E-state index contributed by atoms with van der Waals surface area (Å²) in [6.07, 6.45) is 1.90. The first-order valence-electron chi connectivity index (χ1n) is 7.87. The number of sulfone groups is 1. The molecule has 2 aliphatic rings.